The summed E-state index contributed by atoms with van der Waals surface area (Å²) in [6, 6.07) is 17.8. The summed E-state index contributed by atoms with van der Waals surface area (Å²) in [5.74, 6) is -1.27. The van der Waals surface area contributed by atoms with Crippen molar-refractivity contribution in [2.45, 2.75) is 45.3 Å². The van der Waals surface area contributed by atoms with E-state index in [1.807, 2.05) is 55.5 Å². The van der Waals surface area contributed by atoms with Crippen molar-refractivity contribution in [2.75, 3.05) is 6.61 Å². The number of furan rings is 1. The number of nitrogens with zero attached hydrogens (tertiary/aromatic N) is 1. The van der Waals surface area contributed by atoms with Gasteiger partial charge in [0.1, 0.15) is 6.04 Å². The van der Waals surface area contributed by atoms with Crippen LogP contribution in [0.4, 0.5) is 0 Å². The SMILES string of the molecule is CCc1ccc(C(C)NC(=O)COC(=O)[C@@H]2Cc3ccccc3CN2C(=O)c2ccco2)cc1. The minimum atomic E-state index is -0.848. The van der Waals surface area contributed by atoms with Crippen molar-refractivity contribution >= 4 is 17.8 Å². The highest BCUT2D eigenvalue weighted by molar-refractivity contribution is 5.95. The molecular formula is C27H28N2O5. The van der Waals surface area contributed by atoms with Gasteiger partial charge in [0, 0.05) is 13.0 Å². The van der Waals surface area contributed by atoms with Gasteiger partial charge in [-0.15, -0.1) is 0 Å². The smallest absolute Gasteiger partial charge is 0.329 e. The zero-order valence-corrected chi connectivity index (χ0v) is 19.3. The van der Waals surface area contributed by atoms with E-state index in [0.29, 0.717) is 6.42 Å². The summed E-state index contributed by atoms with van der Waals surface area (Å²) in [5.41, 5.74) is 4.13. The highest BCUT2D eigenvalue weighted by Crippen LogP contribution is 2.26. The average molecular weight is 461 g/mol. The van der Waals surface area contributed by atoms with Gasteiger partial charge in [-0.25, -0.2) is 4.79 Å². The number of fused-ring (bicyclic) bond motifs is 1. The Morgan fingerprint density at radius 2 is 1.79 bits per heavy atom. The number of rotatable bonds is 7. The molecule has 1 unspecified atom stereocenters. The number of esters is 1. The highest BCUT2D eigenvalue weighted by Gasteiger charge is 2.37. The standard InChI is InChI=1S/C27H28N2O5/c1-3-19-10-12-20(13-11-19)18(2)28-25(30)17-34-27(32)23-15-21-7-4-5-8-22(21)16-29(23)26(31)24-9-6-14-33-24/h4-14,18,23H,3,15-17H2,1-2H3,(H,28,30)/t18?,23-/m0/s1. The first kappa shape index (κ1) is 23.3. The molecule has 0 aliphatic carbocycles. The van der Waals surface area contributed by atoms with Gasteiger partial charge in [0.05, 0.1) is 12.3 Å². The average Bonchev–Trinajstić information content (AvgIpc) is 3.41. The Morgan fingerprint density at radius 1 is 1.06 bits per heavy atom. The Morgan fingerprint density at radius 3 is 2.47 bits per heavy atom. The summed E-state index contributed by atoms with van der Waals surface area (Å²) >= 11 is 0. The fourth-order valence-corrected chi connectivity index (χ4v) is 4.13. The Bertz CT molecular complexity index is 1150. The lowest BCUT2D eigenvalue weighted by atomic mass is 9.93. The maximum Gasteiger partial charge on any atom is 0.329 e. The molecule has 176 valence electrons. The van der Waals surface area contributed by atoms with E-state index in [4.69, 9.17) is 9.15 Å². The molecule has 0 saturated heterocycles. The minimum absolute atomic E-state index is 0.151. The van der Waals surface area contributed by atoms with E-state index < -0.39 is 30.4 Å². The lowest BCUT2D eigenvalue weighted by molar-refractivity contribution is -0.153. The van der Waals surface area contributed by atoms with Gasteiger partial charge in [0.25, 0.3) is 11.8 Å². The third-order valence-electron chi connectivity index (χ3n) is 6.12. The Hall–Kier alpha value is -3.87. The largest absolute Gasteiger partial charge is 0.459 e. The van der Waals surface area contributed by atoms with Crippen LogP contribution in [0, 0.1) is 0 Å². The van der Waals surface area contributed by atoms with Crippen molar-refractivity contribution in [3.05, 3.63) is 94.9 Å². The molecule has 3 aromatic rings. The van der Waals surface area contributed by atoms with Crippen LogP contribution >= 0.6 is 0 Å². The predicted octanol–water partition coefficient (Wildman–Crippen LogP) is 3.83. The topological polar surface area (TPSA) is 88.9 Å². The number of aryl methyl sites for hydroxylation is 1. The van der Waals surface area contributed by atoms with Gasteiger partial charge in [-0.05, 0) is 47.7 Å². The zero-order chi connectivity index (χ0) is 24.1. The molecule has 2 amide bonds. The third kappa shape index (κ3) is 5.20. The number of ether oxygens (including phenoxy) is 1. The van der Waals surface area contributed by atoms with E-state index in [2.05, 4.69) is 12.2 Å². The van der Waals surface area contributed by atoms with Crippen LogP contribution in [0.15, 0.2) is 71.3 Å². The molecule has 2 aromatic carbocycles. The van der Waals surface area contributed by atoms with E-state index in [1.165, 1.54) is 16.7 Å². The molecule has 0 fully saturated rings. The van der Waals surface area contributed by atoms with E-state index in [1.54, 1.807) is 12.1 Å². The van der Waals surface area contributed by atoms with Crippen LogP contribution in [0.5, 0.6) is 0 Å². The monoisotopic (exact) mass is 460 g/mol. The van der Waals surface area contributed by atoms with E-state index in [-0.39, 0.29) is 18.3 Å². The predicted molar refractivity (Wildman–Crippen MR) is 126 cm³/mol. The fourth-order valence-electron chi connectivity index (χ4n) is 4.13. The molecule has 7 heteroatoms. The first-order valence-electron chi connectivity index (χ1n) is 11.4. The number of amides is 2. The number of carbonyl (C=O) groups is 3. The van der Waals surface area contributed by atoms with Gasteiger partial charge in [-0.3, -0.25) is 9.59 Å². The maximum absolute atomic E-state index is 13.0. The molecule has 34 heavy (non-hydrogen) atoms. The molecule has 0 saturated carbocycles. The van der Waals surface area contributed by atoms with Crippen molar-refractivity contribution in [2.24, 2.45) is 0 Å². The number of benzene rings is 2. The summed E-state index contributed by atoms with van der Waals surface area (Å²) in [6.07, 6.45) is 2.67. The quantitative estimate of drug-likeness (QED) is 0.542. The van der Waals surface area contributed by atoms with Gasteiger partial charge in [-0.2, -0.15) is 0 Å². The molecule has 2 heterocycles. The maximum atomic E-state index is 13.0. The summed E-state index contributed by atoms with van der Waals surface area (Å²) in [4.78, 5) is 39.9. The van der Waals surface area contributed by atoms with E-state index in [9.17, 15) is 14.4 Å². The molecule has 1 aliphatic rings. The first-order chi connectivity index (χ1) is 16.5. The van der Waals surface area contributed by atoms with Crippen LogP contribution in [0.2, 0.25) is 0 Å². The number of nitrogens with one attached hydrogen (secondary N) is 1. The van der Waals surface area contributed by atoms with Gasteiger partial charge in [-0.1, -0.05) is 55.5 Å². The number of carbonyl (C=O) groups excluding carboxylic acids is 3. The number of hydrogen-bond acceptors (Lipinski definition) is 5. The molecule has 7 nitrogen and oxygen atoms in total. The summed E-state index contributed by atoms with van der Waals surface area (Å²) < 4.78 is 10.6. The molecule has 0 radical (unpaired) electrons. The van der Waals surface area contributed by atoms with Crippen molar-refractivity contribution in [3.63, 3.8) is 0 Å². The van der Waals surface area contributed by atoms with Gasteiger partial charge < -0.3 is 19.4 Å². The summed E-state index contributed by atoms with van der Waals surface area (Å²) in [5, 5.41) is 2.85. The second kappa shape index (κ2) is 10.4. The highest BCUT2D eigenvalue weighted by atomic mass is 16.5. The van der Waals surface area contributed by atoms with Crippen LogP contribution in [-0.4, -0.2) is 35.3 Å². The minimum Gasteiger partial charge on any atom is -0.459 e. The van der Waals surface area contributed by atoms with Gasteiger partial charge in [0.15, 0.2) is 12.4 Å². The Kier molecular flexibility index (Phi) is 7.11. The Balaban J connectivity index is 1.40. The number of hydrogen-bond donors (Lipinski definition) is 1. The van der Waals surface area contributed by atoms with Crippen LogP contribution in [0.1, 0.15) is 52.7 Å². The molecule has 0 bridgehead atoms. The fraction of sp³-hybridized carbons (Fsp3) is 0.296. The van der Waals surface area contributed by atoms with E-state index in [0.717, 1.165) is 23.1 Å². The molecule has 2 atom stereocenters. The van der Waals surface area contributed by atoms with Gasteiger partial charge >= 0.3 is 5.97 Å². The normalized spacial score (nSPS) is 15.8. The van der Waals surface area contributed by atoms with Crippen molar-refractivity contribution in [1.29, 1.82) is 0 Å². The van der Waals surface area contributed by atoms with Gasteiger partial charge in [0.2, 0.25) is 0 Å². The lowest BCUT2D eigenvalue weighted by Crippen LogP contribution is -2.49. The lowest BCUT2D eigenvalue weighted by Gasteiger charge is -2.34. The molecular weight excluding hydrogens is 432 g/mol. The second-order valence-corrected chi connectivity index (χ2v) is 8.39. The third-order valence-corrected chi connectivity index (χ3v) is 6.12. The van der Waals surface area contributed by atoms with Crippen LogP contribution in [0.25, 0.3) is 0 Å². The second-order valence-electron chi connectivity index (χ2n) is 8.39. The zero-order valence-electron chi connectivity index (χ0n) is 19.3. The van der Waals surface area contributed by atoms with Crippen LogP contribution < -0.4 is 5.32 Å². The van der Waals surface area contributed by atoms with Crippen molar-refractivity contribution in [1.82, 2.24) is 10.2 Å². The van der Waals surface area contributed by atoms with Crippen LogP contribution in [-0.2, 0) is 33.7 Å². The molecule has 1 aromatic heterocycles. The molecule has 0 spiro atoms. The van der Waals surface area contributed by atoms with Crippen LogP contribution in [0.3, 0.4) is 0 Å². The first-order valence-corrected chi connectivity index (χ1v) is 11.4. The molecule has 1 aliphatic heterocycles. The summed E-state index contributed by atoms with van der Waals surface area (Å²) in [7, 11) is 0. The van der Waals surface area contributed by atoms with Crippen molar-refractivity contribution < 1.29 is 23.5 Å². The summed E-state index contributed by atoms with van der Waals surface area (Å²) in [6.45, 7) is 3.80. The molecule has 1 N–H and O–H groups in total. The van der Waals surface area contributed by atoms with E-state index >= 15 is 0 Å². The molecule has 4 rings (SSSR count). The Labute approximate surface area is 198 Å². The van der Waals surface area contributed by atoms with Crippen molar-refractivity contribution in [3.8, 4) is 0 Å².